The molecule has 1 aromatic carbocycles. The van der Waals surface area contributed by atoms with Crippen LogP contribution in [-0.2, 0) is 15.6 Å². The minimum atomic E-state index is -3.26. The molecule has 1 aromatic rings. The van der Waals surface area contributed by atoms with Crippen molar-refractivity contribution < 1.29 is 8.42 Å². The average Bonchev–Trinajstić information content (AvgIpc) is 2.64. The third kappa shape index (κ3) is 2.79. The number of hydrogen-bond acceptors (Lipinski definition) is 3. The van der Waals surface area contributed by atoms with Gasteiger partial charge in [0.05, 0.1) is 11.9 Å². The first kappa shape index (κ1) is 12.4. The smallest absolute Gasteiger partial charge is 0.229 e. The van der Waals surface area contributed by atoms with Gasteiger partial charge in [-0.05, 0) is 24.5 Å². The lowest BCUT2D eigenvalue weighted by atomic mass is 9.88. The first-order valence-electron chi connectivity index (χ1n) is 5.77. The monoisotopic (exact) mass is 254 g/mol. The Balaban J connectivity index is 2.40. The summed E-state index contributed by atoms with van der Waals surface area (Å²) in [5.41, 5.74) is 7.50. The molecule has 0 atom stereocenters. The molecule has 1 fully saturated rings. The van der Waals surface area contributed by atoms with E-state index in [1.807, 2.05) is 18.2 Å². The zero-order valence-electron chi connectivity index (χ0n) is 9.94. The molecule has 94 valence electrons. The Morgan fingerprint density at radius 2 is 1.82 bits per heavy atom. The minimum Gasteiger partial charge on any atom is -0.321 e. The van der Waals surface area contributed by atoms with E-state index in [-0.39, 0.29) is 5.54 Å². The van der Waals surface area contributed by atoms with Gasteiger partial charge in [-0.3, -0.25) is 4.72 Å². The van der Waals surface area contributed by atoms with E-state index in [2.05, 4.69) is 4.72 Å². The Morgan fingerprint density at radius 3 is 2.41 bits per heavy atom. The highest BCUT2D eigenvalue weighted by Crippen LogP contribution is 2.39. The lowest BCUT2D eigenvalue weighted by Crippen LogP contribution is -2.34. The molecular formula is C12H18N2O2S. The number of rotatable bonds is 3. The summed E-state index contributed by atoms with van der Waals surface area (Å²) in [4.78, 5) is 0. The minimum absolute atomic E-state index is 0.381. The standard InChI is InChI=1S/C12H18N2O2S/c1-17(15,16)14-11-7-3-2-6-10(11)12(13)8-4-5-9-12/h2-3,6-7,14H,4-5,8-9,13H2,1H3. The summed E-state index contributed by atoms with van der Waals surface area (Å²) in [6, 6.07) is 7.40. The molecular weight excluding hydrogens is 236 g/mol. The number of nitrogens with one attached hydrogen (secondary N) is 1. The third-order valence-electron chi connectivity index (χ3n) is 3.25. The summed E-state index contributed by atoms with van der Waals surface area (Å²) in [6.45, 7) is 0. The van der Waals surface area contributed by atoms with Gasteiger partial charge in [-0.25, -0.2) is 8.42 Å². The van der Waals surface area contributed by atoms with Crippen molar-refractivity contribution in [1.82, 2.24) is 0 Å². The van der Waals surface area contributed by atoms with Crippen molar-refractivity contribution in [2.75, 3.05) is 11.0 Å². The van der Waals surface area contributed by atoms with Crippen LogP contribution < -0.4 is 10.5 Å². The maximum absolute atomic E-state index is 11.3. The molecule has 0 aromatic heterocycles. The first-order valence-corrected chi connectivity index (χ1v) is 7.66. The number of anilines is 1. The second kappa shape index (κ2) is 4.31. The molecule has 0 saturated heterocycles. The molecule has 0 bridgehead atoms. The second-order valence-corrected chi connectivity index (χ2v) is 6.53. The second-order valence-electron chi connectivity index (χ2n) is 4.78. The molecule has 1 aliphatic carbocycles. The molecule has 0 heterocycles. The van der Waals surface area contributed by atoms with Gasteiger partial charge in [0.25, 0.3) is 0 Å². The molecule has 0 amide bonds. The zero-order chi connectivity index (χ0) is 12.5. The average molecular weight is 254 g/mol. The highest BCUT2D eigenvalue weighted by atomic mass is 32.2. The fourth-order valence-electron chi connectivity index (χ4n) is 2.48. The lowest BCUT2D eigenvalue weighted by Gasteiger charge is -2.26. The van der Waals surface area contributed by atoms with Crippen LogP contribution in [0.3, 0.4) is 0 Å². The summed E-state index contributed by atoms with van der Waals surface area (Å²) in [7, 11) is -3.26. The Bertz CT molecular complexity index is 505. The van der Waals surface area contributed by atoms with Crippen molar-refractivity contribution in [2.45, 2.75) is 31.2 Å². The number of nitrogens with two attached hydrogens (primary N) is 1. The van der Waals surface area contributed by atoms with Crippen LogP contribution in [0.5, 0.6) is 0 Å². The van der Waals surface area contributed by atoms with Crippen LogP contribution in [0.4, 0.5) is 5.69 Å². The van der Waals surface area contributed by atoms with Gasteiger partial charge in [-0.15, -0.1) is 0 Å². The highest BCUT2D eigenvalue weighted by Gasteiger charge is 2.33. The fraction of sp³-hybridized carbons (Fsp3) is 0.500. The van der Waals surface area contributed by atoms with Crippen LogP contribution in [0.15, 0.2) is 24.3 Å². The van der Waals surface area contributed by atoms with Crippen LogP contribution in [0.1, 0.15) is 31.2 Å². The van der Waals surface area contributed by atoms with Crippen molar-refractivity contribution in [3.8, 4) is 0 Å². The zero-order valence-corrected chi connectivity index (χ0v) is 10.8. The van der Waals surface area contributed by atoms with E-state index >= 15 is 0 Å². The number of hydrogen-bond donors (Lipinski definition) is 2. The van der Waals surface area contributed by atoms with Crippen LogP contribution in [0, 0.1) is 0 Å². The van der Waals surface area contributed by atoms with Crippen LogP contribution in [0.25, 0.3) is 0 Å². The molecule has 2 rings (SSSR count). The quantitative estimate of drug-likeness (QED) is 0.863. The summed E-state index contributed by atoms with van der Waals surface area (Å²) in [5.74, 6) is 0. The number of sulfonamides is 1. The van der Waals surface area contributed by atoms with Gasteiger partial charge in [-0.2, -0.15) is 0 Å². The van der Waals surface area contributed by atoms with Gasteiger partial charge >= 0.3 is 0 Å². The predicted octanol–water partition coefficient (Wildman–Crippen LogP) is 1.79. The first-order chi connectivity index (χ1) is 7.91. The number of para-hydroxylation sites is 1. The topological polar surface area (TPSA) is 72.2 Å². The maximum atomic E-state index is 11.3. The predicted molar refractivity (Wildman–Crippen MR) is 69.2 cm³/mol. The Kier molecular flexibility index (Phi) is 3.14. The molecule has 3 N–H and O–H groups in total. The summed E-state index contributed by atoms with van der Waals surface area (Å²) >= 11 is 0. The van der Waals surface area contributed by atoms with Crippen molar-refractivity contribution in [3.63, 3.8) is 0 Å². The van der Waals surface area contributed by atoms with E-state index in [4.69, 9.17) is 5.73 Å². The van der Waals surface area contributed by atoms with Crippen LogP contribution >= 0.6 is 0 Å². The van der Waals surface area contributed by atoms with E-state index in [0.717, 1.165) is 37.5 Å². The largest absolute Gasteiger partial charge is 0.321 e. The SMILES string of the molecule is CS(=O)(=O)Nc1ccccc1C1(N)CCCC1. The van der Waals surface area contributed by atoms with Gasteiger partial charge in [0, 0.05) is 5.54 Å². The molecule has 0 unspecified atom stereocenters. The molecule has 5 heteroatoms. The lowest BCUT2D eigenvalue weighted by molar-refractivity contribution is 0.463. The van der Waals surface area contributed by atoms with Gasteiger partial charge in [0.1, 0.15) is 0 Å². The van der Waals surface area contributed by atoms with E-state index in [9.17, 15) is 8.42 Å². The van der Waals surface area contributed by atoms with Crippen LogP contribution in [0.2, 0.25) is 0 Å². The normalized spacial score (nSPS) is 19.2. The van der Waals surface area contributed by atoms with E-state index < -0.39 is 10.0 Å². The summed E-state index contributed by atoms with van der Waals surface area (Å²) in [6.07, 6.45) is 5.18. The highest BCUT2D eigenvalue weighted by molar-refractivity contribution is 7.92. The third-order valence-corrected chi connectivity index (χ3v) is 3.85. The van der Waals surface area contributed by atoms with E-state index in [1.54, 1.807) is 6.07 Å². The maximum Gasteiger partial charge on any atom is 0.229 e. The molecule has 0 aliphatic heterocycles. The fourth-order valence-corrected chi connectivity index (χ4v) is 3.06. The van der Waals surface area contributed by atoms with Crippen molar-refractivity contribution in [2.24, 2.45) is 5.73 Å². The van der Waals surface area contributed by atoms with Gasteiger partial charge in [-0.1, -0.05) is 31.0 Å². The molecule has 1 saturated carbocycles. The Morgan fingerprint density at radius 1 is 1.24 bits per heavy atom. The van der Waals surface area contributed by atoms with E-state index in [0.29, 0.717) is 5.69 Å². The Hall–Kier alpha value is -1.07. The molecule has 0 radical (unpaired) electrons. The Labute approximate surface area is 102 Å². The van der Waals surface area contributed by atoms with Crippen molar-refractivity contribution >= 4 is 15.7 Å². The molecule has 17 heavy (non-hydrogen) atoms. The van der Waals surface area contributed by atoms with Gasteiger partial charge in [0.2, 0.25) is 10.0 Å². The number of benzene rings is 1. The van der Waals surface area contributed by atoms with Gasteiger partial charge in [0.15, 0.2) is 0 Å². The summed E-state index contributed by atoms with van der Waals surface area (Å²) in [5, 5.41) is 0. The van der Waals surface area contributed by atoms with Gasteiger partial charge < -0.3 is 5.73 Å². The van der Waals surface area contributed by atoms with Crippen molar-refractivity contribution in [3.05, 3.63) is 29.8 Å². The molecule has 0 spiro atoms. The molecule has 1 aliphatic rings. The molecule has 4 nitrogen and oxygen atoms in total. The van der Waals surface area contributed by atoms with E-state index in [1.165, 1.54) is 0 Å². The summed E-state index contributed by atoms with van der Waals surface area (Å²) < 4.78 is 25.2. The van der Waals surface area contributed by atoms with Crippen molar-refractivity contribution in [1.29, 1.82) is 0 Å². The van der Waals surface area contributed by atoms with Crippen LogP contribution in [-0.4, -0.2) is 14.7 Å².